The van der Waals surface area contributed by atoms with Gasteiger partial charge < -0.3 is 19.7 Å². The summed E-state index contributed by atoms with van der Waals surface area (Å²) in [5.74, 6) is -0.364. The Hall–Kier alpha value is -4.80. The van der Waals surface area contributed by atoms with E-state index in [0.29, 0.717) is 28.1 Å². The monoisotopic (exact) mass is 540 g/mol. The van der Waals surface area contributed by atoms with Crippen LogP contribution < -0.4 is 14.8 Å². The molecular formula is C30H28N4O6. The van der Waals surface area contributed by atoms with Gasteiger partial charge in [0.05, 0.1) is 6.61 Å². The van der Waals surface area contributed by atoms with Gasteiger partial charge >= 0.3 is 5.97 Å². The minimum atomic E-state index is -1.18. The minimum Gasteiger partial charge on any atom is -0.488 e. The molecule has 204 valence electrons. The third-order valence-electron chi connectivity index (χ3n) is 6.60. The maximum atomic E-state index is 11.4. The molecule has 0 saturated heterocycles. The molecule has 0 bridgehead atoms. The number of nitrogens with zero attached hydrogens (tertiary/aromatic N) is 3. The van der Waals surface area contributed by atoms with Crippen molar-refractivity contribution in [1.29, 1.82) is 0 Å². The third kappa shape index (κ3) is 5.93. The number of rotatable bonds is 12. The fourth-order valence-corrected chi connectivity index (χ4v) is 4.37. The van der Waals surface area contributed by atoms with Gasteiger partial charge in [-0.25, -0.2) is 4.63 Å². The summed E-state index contributed by atoms with van der Waals surface area (Å²) in [4.78, 5) is 15.6. The molecule has 0 aliphatic carbocycles. The van der Waals surface area contributed by atoms with E-state index in [1.807, 2.05) is 42.5 Å². The van der Waals surface area contributed by atoms with Crippen LogP contribution >= 0.6 is 0 Å². The number of aliphatic carboxylic acids is 1. The topological polar surface area (TPSA) is 140 Å². The van der Waals surface area contributed by atoms with E-state index >= 15 is 0 Å². The number of aliphatic hydroxyl groups excluding tert-OH is 1. The Morgan fingerprint density at radius 1 is 0.975 bits per heavy atom. The van der Waals surface area contributed by atoms with Gasteiger partial charge in [0.25, 0.3) is 0 Å². The molecule has 2 heterocycles. The van der Waals surface area contributed by atoms with Gasteiger partial charge in [0.2, 0.25) is 0 Å². The highest BCUT2D eigenvalue weighted by molar-refractivity contribution is 5.86. The van der Waals surface area contributed by atoms with Crippen LogP contribution in [-0.4, -0.2) is 44.1 Å². The number of aromatic nitrogens is 3. The van der Waals surface area contributed by atoms with E-state index in [1.54, 1.807) is 18.5 Å². The number of ether oxygens (including phenoxy) is 2. The lowest BCUT2D eigenvalue weighted by molar-refractivity contribution is -0.140. The Labute approximate surface area is 230 Å². The lowest BCUT2D eigenvalue weighted by Crippen LogP contribution is -2.39. The van der Waals surface area contributed by atoms with Crippen LogP contribution in [0.25, 0.3) is 22.2 Å². The summed E-state index contributed by atoms with van der Waals surface area (Å²) in [6, 6.07) is 20.5. The summed E-state index contributed by atoms with van der Waals surface area (Å²) in [5, 5.41) is 29.7. The van der Waals surface area contributed by atoms with Crippen LogP contribution in [0.5, 0.6) is 11.5 Å². The number of hydrogen-bond acceptors (Lipinski definition) is 9. The zero-order valence-electron chi connectivity index (χ0n) is 21.8. The molecule has 3 N–H and O–H groups in total. The van der Waals surface area contributed by atoms with E-state index < -0.39 is 18.6 Å². The van der Waals surface area contributed by atoms with Crippen molar-refractivity contribution in [3.05, 3.63) is 101 Å². The smallest absolute Gasteiger partial charge is 0.323 e. The lowest BCUT2D eigenvalue weighted by atomic mass is 9.97. The predicted octanol–water partition coefficient (Wildman–Crippen LogP) is 4.29. The van der Waals surface area contributed by atoms with Crippen molar-refractivity contribution in [2.75, 3.05) is 6.61 Å². The predicted molar refractivity (Wildman–Crippen MR) is 147 cm³/mol. The van der Waals surface area contributed by atoms with E-state index in [0.717, 1.165) is 27.8 Å². The number of carbonyl (C=O) groups is 1. The summed E-state index contributed by atoms with van der Waals surface area (Å²) in [6.45, 7) is 1.98. The summed E-state index contributed by atoms with van der Waals surface area (Å²) < 4.78 is 17.5. The molecule has 5 aromatic rings. The number of benzene rings is 3. The van der Waals surface area contributed by atoms with Crippen molar-refractivity contribution < 1.29 is 29.1 Å². The van der Waals surface area contributed by atoms with Crippen molar-refractivity contribution in [2.24, 2.45) is 0 Å². The molecule has 10 heteroatoms. The first-order chi connectivity index (χ1) is 19.5. The first kappa shape index (κ1) is 26.8. The van der Waals surface area contributed by atoms with Gasteiger partial charge in [-0.15, -0.1) is 0 Å². The first-order valence-corrected chi connectivity index (χ1v) is 12.7. The van der Waals surface area contributed by atoms with E-state index in [4.69, 9.17) is 14.1 Å². The number of aliphatic hydroxyl groups is 1. The molecule has 0 amide bonds. The van der Waals surface area contributed by atoms with Crippen LogP contribution in [0.2, 0.25) is 0 Å². The highest BCUT2D eigenvalue weighted by atomic mass is 16.6. The maximum absolute atomic E-state index is 11.4. The average Bonchev–Trinajstić information content (AvgIpc) is 3.47. The highest BCUT2D eigenvalue weighted by Crippen LogP contribution is 2.36. The van der Waals surface area contributed by atoms with Crippen LogP contribution in [-0.2, 0) is 24.6 Å². The standard InChI is InChI=1S/C30H28N4O6/c1-19-22(10-5-11-23(19)21-8-3-2-4-9-21)18-39-27-13-26(38-17-20-7-6-12-31-14-20)24(28-29(27)34-40-33-28)15-32-25(16-35)30(36)37/h2-14,25,32,35H,15-18H2,1H3,(H,36,37)/t25-/m1/s1. The van der Waals surface area contributed by atoms with Crippen LogP contribution in [0.1, 0.15) is 22.3 Å². The SMILES string of the molecule is Cc1c(COc2cc(OCc3cccnc3)c(CN[C@H](CO)C(=O)O)c3nonc23)cccc1-c1ccccc1. The van der Waals surface area contributed by atoms with Gasteiger partial charge in [0.1, 0.15) is 30.5 Å². The number of pyridine rings is 1. The first-order valence-electron chi connectivity index (χ1n) is 12.7. The van der Waals surface area contributed by atoms with Crippen molar-refractivity contribution >= 4 is 17.0 Å². The van der Waals surface area contributed by atoms with E-state index in [-0.39, 0.29) is 19.8 Å². The van der Waals surface area contributed by atoms with Crippen molar-refractivity contribution in [3.63, 3.8) is 0 Å². The summed E-state index contributed by atoms with van der Waals surface area (Å²) >= 11 is 0. The van der Waals surface area contributed by atoms with Crippen LogP contribution in [0, 0.1) is 6.92 Å². The molecule has 40 heavy (non-hydrogen) atoms. The molecule has 3 aromatic carbocycles. The minimum absolute atomic E-state index is 0.0309. The Morgan fingerprint density at radius 3 is 2.52 bits per heavy atom. The van der Waals surface area contributed by atoms with Gasteiger partial charge in [0.15, 0.2) is 11.3 Å². The van der Waals surface area contributed by atoms with Gasteiger partial charge in [0, 0.05) is 36.1 Å². The second-order valence-corrected chi connectivity index (χ2v) is 9.16. The van der Waals surface area contributed by atoms with E-state index in [9.17, 15) is 15.0 Å². The number of nitrogens with one attached hydrogen (secondary N) is 1. The van der Waals surface area contributed by atoms with Crippen LogP contribution in [0.4, 0.5) is 0 Å². The molecule has 0 saturated carbocycles. The summed E-state index contributed by atoms with van der Waals surface area (Å²) in [7, 11) is 0. The average molecular weight is 541 g/mol. The van der Waals surface area contributed by atoms with E-state index in [2.05, 4.69) is 45.7 Å². The van der Waals surface area contributed by atoms with Crippen LogP contribution in [0.3, 0.4) is 0 Å². The molecule has 10 nitrogen and oxygen atoms in total. The Kier molecular flexibility index (Phi) is 8.29. The second-order valence-electron chi connectivity index (χ2n) is 9.16. The van der Waals surface area contributed by atoms with Gasteiger partial charge in [-0.05, 0) is 45.6 Å². The summed E-state index contributed by atoms with van der Waals surface area (Å²) in [6.07, 6.45) is 3.37. The van der Waals surface area contributed by atoms with Crippen molar-refractivity contribution in [2.45, 2.75) is 32.7 Å². The number of carboxylic acids is 1. The zero-order valence-corrected chi connectivity index (χ0v) is 21.8. The zero-order chi connectivity index (χ0) is 27.9. The molecular weight excluding hydrogens is 512 g/mol. The fraction of sp³-hybridized carbons (Fsp3) is 0.200. The second kappa shape index (κ2) is 12.4. The molecule has 0 spiro atoms. The molecule has 1 atom stereocenters. The van der Waals surface area contributed by atoms with Gasteiger partial charge in [-0.3, -0.25) is 15.1 Å². The molecule has 5 rings (SSSR count). The Morgan fingerprint density at radius 2 is 1.77 bits per heavy atom. The van der Waals surface area contributed by atoms with Crippen molar-refractivity contribution in [1.82, 2.24) is 20.6 Å². The number of hydrogen-bond donors (Lipinski definition) is 3. The quantitative estimate of drug-likeness (QED) is 0.210. The fourth-order valence-electron chi connectivity index (χ4n) is 4.37. The molecule has 0 fully saturated rings. The van der Waals surface area contributed by atoms with Crippen molar-refractivity contribution in [3.8, 4) is 22.6 Å². The molecule has 0 radical (unpaired) electrons. The molecule has 0 aliphatic rings. The molecule has 0 unspecified atom stereocenters. The largest absolute Gasteiger partial charge is 0.488 e. The lowest BCUT2D eigenvalue weighted by Gasteiger charge is -2.17. The van der Waals surface area contributed by atoms with E-state index in [1.165, 1.54) is 0 Å². The molecule has 2 aromatic heterocycles. The van der Waals surface area contributed by atoms with Gasteiger partial charge in [-0.2, -0.15) is 0 Å². The Bertz CT molecular complexity index is 1590. The number of fused-ring (bicyclic) bond motifs is 1. The third-order valence-corrected chi connectivity index (χ3v) is 6.60. The maximum Gasteiger partial charge on any atom is 0.323 e. The van der Waals surface area contributed by atoms with Gasteiger partial charge in [-0.1, -0.05) is 54.6 Å². The normalized spacial score (nSPS) is 11.8. The molecule has 0 aliphatic heterocycles. The summed E-state index contributed by atoms with van der Waals surface area (Å²) in [5.41, 5.74) is 6.44. The van der Waals surface area contributed by atoms with Crippen LogP contribution in [0.15, 0.2) is 83.8 Å². The Balaban J connectivity index is 1.46. The highest BCUT2D eigenvalue weighted by Gasteiger charge is 2.22. The number of carboxylic acid groups (broad SMARTS) is 1.